The first-order valence-electron chi connectivity index (χ1n) is 9.36. The zero-order valence-electron chi connectivity index (χ0n) is 15.8. The van der Waals surface area contributed by atoms with E-state index in [4.69, 9.17) is 4.42 Å². The molecular formula is C21H19N5O3. The third kappa shape index (κ3) is 4.06. The summed E-state index contributed by atoms with van der Waals surface area (Å²) in [7, 11) is 0. The van der Waals surface area contributed by atoms with Gasteiger partial charge >= 0.3 is 5.63 Å². The number of carbonyl (C=O) groups excluding carboxylic acids is 1. The summed E-state index contributed by atoms with van der Waals surface area (Å²) in [6, 6.07) is 15.8. The summed E-state index contributed by atoms with van der Waals surface area (Å²) in [6.45, 7) is 2.72. The highest BCUT2D eigenvalue weighted by molar-refractivity contribution is 6.04. The van der Waals surface area contributed by atoms with Crippen LogP contribution in [0.3, 0.4) is 0 Å². The van der Waals surface area contributed by atoms with E-state index in [-0.39, 0.29) is 11.9 Å². The van der Waals surface area contributed by atoms with Gasteiger partial charge in [0.2, 0.25) is 0 Å². The van der Waals surface area contributed by atoms with Gasteiger partial charge in [0.15, 0.2) is 0 Å². The van der Waals surface area contributed by atoms with E-state index in [9.17, 15) is 9.59 Å². The van der Waals surface area contributed by atoms with Crippen LogP contribution in [-0.2, 0) is 6.54 Å². The minimum absolute atomic E-state index is 0.140. The van der Waals surface area contributed by atoms with Gasteiger partial charge in [-0.2, -0.15) is 4.80 Å². The summed E-state index contributed by atoms with van der Waals surface area (Å²) in [5, 5.41) is 15.3. The molecule has 0 unspecified atom stereocenters. The molecule has 29 heavy (non-hydrogen) atoms. The van der Waals surface area contributed by atoms with Crippen LogP contribution in [0.4, 0.5) is 5.95 Å². The van der Waals surface area contributed by atoms with Crippen molar-refractivity contribution in [2.24, 2.45) is 0 Å². The molecule has 0 radical (unpaired) electrons. The molecule has 1 N–H and O–H groups in total. The number of benzene rings is 2. The Kier molecular flexibility index (Phi) is 5.15. The Morgan fingerprint density at radius 2 is 2.00 bits per heavy atom. The number of aromatic nitrogens is 4. The first-order valence-corrected chi connectivity index (χ1v) is 9.36. The minimum Gasteiger partial charge on any atom is -0.422 e. The van der Waals surface area contributed by atoms with Crippen molar-refractivity contribution in [2.75, 3.05) is 5.32 Å². The second kappa shape index (κ2) is 8.05. The van der Waals surface area contributed by atoms with Crippen LogP contribution >= 0.6 is 0 Å². The number of fused-ring (bicyclic) bond motifs is 1. The molecular weight excluding hydrogens is 370 g/mol. The van der Waals surface area contributed by atoms with E-state index >= 15 is 0 Å². The molecule has 146 valence electrons. The van der Waals surface area contributed by atoms with Crippen LogP contribution in [0.1, 0.15) is 30.1 Å². The van der Waals surface area contributed by atoms with Gasteiger partial charge in [0, 0.05) is 10.9 Å². The molecule has 8 heteroatoms. The fourth-order valence-corrected chi connectivity index (χ4v) is 2.95. The number of aryl methyl sites for hydroxylation is 1. The smallest absolute Gasteiger partial charge is 0.344 e. The van der Waals surface area contributed by atoms with Crippen LogP contribution in [0.5, 0.6) is 0 Å². The molecule has 2 heterocycles. The Balaban J connectivity index is 1.59. The lowest BCUT2D eigenvalue weighted by molar-refractivity contribution is 0.102. The zero-order chi connectivity index (χ0) is 20.2. The van der Waals surface area contributed by atoms with Crippen molar-refractivity contribution in [3.8, 4) is 11.1 Å². The van der Waals surface area contributed by atoms with Crippen molar-refractivity contribution in [3.05, 3.63) is 70.6 Å². The lowest BCUT2D eigenvalue weighted by atomic mass is 10.0. The molecule has 0 aliphatic carbocycles. The summed E-state index contributed by atoms with van der Waals surface area (Å²) in [6.07, 6.45) is 1.94. The molecule has 0 bridgehead atoms. The number of hydrogen-bond donors (Lipinski definition) is 1. The maximum absolute atomic E-state index is 12.6. The van der Waals surface area contributed by atoms with Crippen molar-refractivity contribution >= 4 is 22.8 Å². The van der Waals surface area contributed by atoms with Gasteiger partial charge in [0.1, 0.15) is 5.58 Å². The Bertz CT molecular complexity index is 1230. The molecule has 2 aromatic carbocycles. The molecule has 2 aromatic heterocycles. The molecule has 0 saturated carbocycles. The van der Waals surface area contributed by atoms with Crippen molar-refractivity contribution in [2.45, 2.75) is 26.3 Å². The predicted octanol–water partition coefficient (Wildman–Crippen LogP) is 3.50. The van der Waals surface area contributed by atoms with Crippen molar-refractivity contribution in [3.63, 3.8) is 0 Å². The Hall–Kier alpha value is -3.81. The molecule has 0 atom stereocenters. The van der Waals surface area contributed by atoms with Crippen LogP contribution < -0.4 is 10.9 Å². The Labute approximate surface area is 166 Å². The summed E-state index contributed by atoms with van der Waals surface area (Å²) in [5.74, 6) is -0.242. The van der Waals surface area contributed by atoms with E-state index in [1.165, 1.54) is 4.80 Å². The monoisotopic (exact) mass is 389 g/mol. The molecule has 8 nitrogen and oxygen atoms in total. The number of tetrazole rings is 1. The Morgan fingerprint density at radius 1 is 1.14 bits per heavy atom. The number of unbranched alkanes of at least 4 members (excludes halogenated alkanes) is 1. The van der Waals surface area contributed by atoms with Gasteiger partial charge in [0.25, 0.3) is 11.9 Å². The van der Waals surface area contributed by atoms with Gasteiger partial charge in [-0.25, -0.2) is 4.79 Å². The minimum atomic E-state index is -0.457. The van der Waals surface area contributed by atoms with Crippen molar-refractivity contribution in [1.29, 1.82) is 0 Å². The summed E-state index contributed by atoms with van der Waals surface area (Å²) >= 11 is 0. The predicted molar refractivity (Wildman–Crippen MR) is 109 cm³/mol. The van der Waals surface area contributed by atoms with Gasteiger partial charge in [-0.3, -0.25) is 10.1 Å². The number of anilines is 1. The zero-order valence-corrected chi connectivity index (χ0v) is 15.8. The highest BCUT2D eigenvalue weighted by atomic mass is 16.4. The summed E-state index contributed by atoms with van der Waals surface area (Å²) in [4.78, 5) is 26.4. The normalized spacial score (nSPS) is 10.9. The van der Waals surface area contributed by atoms with Crippen LogP contribution in [0.15, 0.2) is 63.8 Å². The number of para-hydroxylation sites is 1. The first-order chi connectivity index (χ1) is 14.1. The molecule has 0 spiro atoms. The van der Waals surface area contributed by atoms with E-state index in [1.807, 2.05) is 18.2 Å². The van der Waals surface area contributed by atoms with E-state index in [0.717, 1.165) is 18.2 Å². The highest BCUT2D eigenvalue weighted by Crippen LogP contribution is 2.22. The molecule has 4 rings (SSSR count). The van der Waals surface area contributed by atoms with Crippen LogP contribution in [0.2, 0.25) is 0 Å². The van der Waals surface area contributed by atoms with Gasteiger partial charge < -0.3 is 4.42 Å². The second-order valence-corrected chi connectivity index (χ2v) is 6.58. The molecule has 1 amide bonds. The average Bonchev–Trinajstić information content (AvgIpc) is 3.19. The van der Waals surface area contributed by atoms with Gasteiger partial charge in [-0.15, -0.1) is 5.10 Å². The number of amides is 1. The van der Waals surface area contributed by atoms with E-state index in [1.54, 1.807) is 36.4 Å². The molecule has 0 saturated heterocycles. The topological polar surface area (TPSA) is 103 Å². The quantitative estimate of drug-likeness (QED) is 0.506. The van der Waals surface area contributed by atoms with Crippen LogP contribution in [0, 0.1) is 0 Å². The SMILES string of the molecule is CCCCn1nnc(NC(=O)c2cccc(-c3cc4ccccc4oc3=O)c2)n1. The van der Waals surface area contributed by atoms with Crippen molar-refractivity contribution < 1.29 is 9.21 Å². The lowest BCUT2D eigenvalue weighted by Crippen LogP contribution is -2.14. The second-order valence-electron chi connectivity index (χ2n) is 6.58. The average molecular weight is 389 g/mol. The van der Waals surface area contributed by atoms with Crippen LogP contribution in [0.25, 0.3) is 22.1 Å². The number of hydrogen-bond acceptors (Lipinski definition) is 6. The standard InChI is InChI=1S/C21H19N5O3/c1-2-3-11-26-24-21(23-25-26)22-19(27)16-9-6-8-14(12-16)17-13-15-7-4-5-10-18(15)29-20(17)28/h4-10,12-13H,2-3,11H2,1H3,(H,22,24,27). The fraction of sp³-hybridized carbons (Fsp3) is 0.190. The van der Waals surface area contributed by atoms with E-state index < -0.39 is 5.63 Å². The summed E-state index contributed by atoms with van der Waals surface area (Å²) in [5.41, 5.74) is 1.42. The van der Waals surface area contributed by atoms with E-state index in [0.29, 0.717) is 28.8 Å². The number of carbonyl (C=O) groups is 1. The number of nitrogens with one attached hydrogen (secondary N) is 1. The highest BCUT2D eigenvalue weighted by Gasteiger charge is 2.13. The third-order valence-electron chi connectivity index (χ3n) is 4.47. The maximum Gasteiger partial charge on any atom is 0.344 e. The molecule has 0 aliphatic rings. The molecule has 4 aromatic rings. The Morgan fingerprint density at radius 3 is 2.86 bits per heavy atom. The van der Waals surface area contributed by atoms with E-state index in [2.05, 4.69) is 27.7 Å². The largest absolute Gasteiger partial charge is 0.422 e. The third-order valence-corrected chi connectivity index (χ3v) is 4.47. The summed E-state index contributed by atoms with van der Waals surface area (Å²) < 4.78 is 5.39. The lowest BCUT2D eigenvalue weighted by Gasteiger charge is -2.05. The van der Waals surface area contributed by atoms with Crippen LogP contribution in [-0.4, -0.2) is 26.1 Å². The van der Waals surface area contributed by atoms with Gasteiger partial charge in [0.05, 0.1) is 12.1 Å². The van der Waals surface area contributed by atoms with Gasteiger partial charge in [-0.1, -0.05) is 48.8 Å². The fourth-order valence-electron chi connectivity index (χ4n) is 2.95. The first kappa shape index (κ1) is 18.5. The molecule has 0 fully saturated rings. The molecule has 0 aliphatic heterocycles. The van der Waals surface area contributed by atoms with Gasteiger partial charge in [-0.05, 0) is 41.5 Å². The maximum atomic E-state index is 12.6. The number of nitrogens with zero attached hydrogens (tertiary/aromatic N) is 4. The number of rotatable bonds is 6. The van der Waals surface area contributed by atoms with Crippen molar-refractivity contribution in [1.82, 2.24) is 20.2 Å².